The van der Waals surface area contributed by atoms with E-state index in [-0.39, 0.29) is 6.10 Å². The van der Waals surface area contributed by atoms with Crippen molar-refractivity contribution in [2.75, 3.05) is 0 Å². The first-order valence-corrected chi connectivity index (χ1v) is 6.86. The van der Waals surface area contributed by atoms with Crippen molar-refractivity contribution >= 4 is 0 Å². The van der Waals surface area contributed by atoms with Crippen molar-refractivity contribution in [2.24, 2.45) is 7.05 Å². The molecule has 0 saturated heterocycles. The fourth-order valence-corrected chi connectivity index (χ4v) is 2.39. The number of aliphatic hydroxyl groups excluding tert-OH is 1. The number of aliphatic hydroxyl groups is 1. The number of benzene rings is 1. The van der Waals surface area contributed by atoms with Crippen LogP contribution in [0.4, 0.5) is 0 Å². The molecule has 19 heavy (non-hydrogen) atoms. The summed E-state index contributed by atoms with van der Waals surface area (Å²) in [7, 11) is 1.93. The smallest absolute Gasteiger partial charge is 0.0596 e. The molecule has 3 heteroatoms. The van der Waals surface area contributed by atoms with E-state index in [0.717, 1.165) is 30.7 Å². The summed E-state index contributed by atoms with van der Waals surface area (Å²) in [6.45, 7) is 1.98. The first kappa shape index (κ1) is 13.8. The standard InChI is InChI=1S/C16H22N2O/c1-13-11-15(18(2)17-13)12-16(19)10-6-9-14-7-4-3-5-8-14/h3-5,7-8,11,16,19H,6,9-10,12H2,1-2H3. The van der Waals surface area contributed by atoms with Gasteiger partial charge in [-0.3, -0.25) is 4.68 Å². The normalized spacial score (nSPS) is 12.6. The van der Waals surface area contributed by atoms with E-state index < -0.39 is 0 Å². The molecule has 3 nitrogen and oxygen atoms in total. The maximum Gasteiger partial charge on any atom is 0.0596 e. The molecule has 0 radical (unpaired) electrons. The number of rotatable bonds is 6. The maximum absolute atomic E-state index is 10.1. The van der Waals surface area contributed by atoms with Crippen molar-refractivity contribution in [2.45, 2.75) is 38.7 Å². The molecule has 0 spiro atoms. The van der Waals surface area contributed by atoms with Gasteiger partial charge in [0.15, 0.2) is 0 Å². The van der Waals surface area contributed by atoms with Crippen LogP contribution in [0.2, 0.25) is 0 Å². The molecule has 102 valence electrons. The molecule has 1 N–H and O–H groups in total. The summed E-state index contributed by atoms with van der Waals surface area (Å²) in [6, 6.07) is 12.5. The van der Waals surface area contributed by atoms with Gasteiger partial charge in [0.25, 0.3) is 0 Å². The van der Waals surface area contributed by atoms with Crippen molar-refractivity contribution in [3.05, 3.63) is 53.3 Å². The van der Waals surface area contributed by atoms with E-state index in [0.29, 0.717) is 6.42 Å². The Bertz CT molecular complexity index is 505. The van der Waals surface area contributed by atoms with Gasteiger partial charge >= 0.3 is 0 Å². The first-order valence-electron chi connectivity index (χ1n) is 6.86. The fraction of sp³-hybridized carbons (Fsp3) is 0.438. The number of hydrogen-bond acceptors (Lipinski definition) is 2. The van der Waals surface area contributed by atoms with Crippen LogP contribution in [0, 0.1) is 6.92 Å². The fourth-order valence-electron chi connectivity index (χ4n) is 2.39. The second-order valence-corrected chi connectivity index (χ2v) is 5.14. The molecule has 2 aromatic rings. The van der Waals surface area contributed by atoms with Gasteiger partial charge in [-0.15, -0.1) is 0 Å². The van der Waals surface area contributed by atoms with Gasteiger partial charge in [-0.2, -0.15) is 5.10 Å². The van der Waals surface area contributed by atoms with Crippen LogP contribution in [0.1, 0.15) is 29.8 Å². The summed E-state index contributed by atoms with van der Waals surface area (Å²) in [6.07, 6.45) is 3.29. The second kappa shape index (κ2) is 6.53. The molecule has 0 aliphatic rings. The highest BCUT2D eigenvalue weighted by atomic mass is 16.3. The van der Waals surface area contributed by atoms with E-state index in [1.807, 2.05) is 30.8 Å². The van der Waals surface area contributed by atoms with Gasteiger partial charge in [0.2, 0.25) is 0 Å². The van der Waals surface area contributed by atoms with Crippen molar-refractivity contribution in [3.8, 4) is 0 Å². The average Bonchev–Trinajstić information content (AvgIpc) is 2.69. The van der Waals surface area contributed by atoms with E-state index in [4.69, 9.17) is 0 Å². The lowest BCUT2D eigenvalue weighted by Crippen LogP contribution is -2.13. The Morgan fingerprint density at radius 1 is 1.26 bits per heavy atom. The number of aryl methyl sites for hydroxylation is 3. The molecule has 1 unspecified atom stereocenters. The summed E-state index contributed by atoms with van der Waals surface area (Å²) < 4.78 is 1.86. The summed E-state index contributed by atoms with van der Waals surface area (Å²) in [4.78, 5) is 0. The third-order valence-corrected chi connectivity index (χ3v) is 3.39. The minimum absolute atomic E-state index is 0.279. The number of nitrogens with zero attached hydrogens (tertiary/aromatic N) is 2. The lowest BCUT2D eigenvalue weighted by molar-refractivity contribution is 0.160. The Labute approximate surface area is 114 Å². The Balaban J connectivity index is 1.76. The predicted octanol–water partition coefficient (Wildman–Crippen LogP) is 2.65. The minimum atomic E-state index is -0.279. The van der Waals surface area contributed by atoms with Crippen LogP contribution in [0.15, 0.2) is 36.4 Å². The third-order valence-electron chi connectivity index (χ3n) is 3.39. The highest BCUT2D eigenvalue weighted by Crippen LogP contribution is 2.11. The third kappa shape index (κ3) is 4.21. The van der Waals surface area contributed by atoms with Crippen LogP contribution in [0.5, 0.6) is 0 Å². The van der Waals surface area contributed by atoms with Crippen molar-refractivity contribution in [1.29, 1.82) is 0 Å². The van der Waals surface area contributed by atoms with E-state index >= 15 is 0 Å². The van der Waals surface area contributed by atoms with E-state index in [1.54, 1.807) is 0 Å². The molecular formula is C16H22N2O. The van der Waals surface area contributed by atoms with Crippen LogP contribution in [-0.2, 0) is 19.9 Å². The zero-order chi connectivity index (χ0) is 13.7. The highest BCUT2D eigenvalue weighted by molar-refractivity contribution is 5.14. The van der Waals surface area contributed by atoms with E-state index in [2.05, 4.69) is 29.4 Å². The summed E-state index contributed by atoms with van der Waals surface area (Å²) in [5.74, 6) is 0. The Morgan fingerprint density at radius 2 is 2.00 bits per heavy atom. The minimum Gasteiger partial charge on any atom is -0.393 e. The number of aromatic nitrogens is 2. The van der Waals surface area contributed by atoms with Crippen molar-refractivity contribution < 1.29 is 5.11 Å². The molecule has 1 heterocycles. The van der Waals surface area contributed by atoms with Gasteiger partial charge < -0.3 is 5.11 Å². The van der Waals surface area contributed by atoms with Gasteiger partial charge in [0, 0.05) is 19.2 Å². The molecule has 0 aliphatic heterocycles. The molecule has 2 rings (SSSR count). The van der Waals surface area contributed by atoms with Crippen molar-refractivity contribution in [1.82, 2.24) is 9.78 Å². The molecule has 0 saturated carbocycles. The van der Waals surface area contributed by atoms with Gasteiger partial charge in [0.1, 0.15) is 0 Å². The quantitative estimate of drug-likeness (QED) is 0.865. The Morgan fingerprint density at radius 3 is 2.63 bits per heavy atom. The van der Waals surface area contributed by atoms with Gasteiger partial charge in [0.05, 0.1) is 11.8 Å². The molecule has 1 atom stereocenters. The molecule has 0 aliphatic carbocycles. The lowest BCUT2D eigenvalue weighted by Gasteiger charge is -2.10. The second-order valence-electron chi connectivity index (χ2n) is 5.14. The molecule has 1 aromatic heterocycles. The summed E-state index contributed by atoms with van der Waals surface area (Å²) >= 11 is 0. The van der Waals surface area contributed by atoms with E-state index in [1.165, 1.54) is 5.56 Å². The predicted molar refractivity (Wildman–Crippen MR) is 77.0 cm³/mol. The van der Waals surface area contributed by atoms with Crippen molar-refractivity contribution in [3.63, 3.8) is 0 Å². The Hall–Kier alpha value is -1.61. The highest BCUT2D eigenvalue weighted by Gasteiger charge is 2.09. The summed E-state index contributed by atoms with van der Waals surface area (Å²) in [5, 5.41) is 14.4. The largest absolute Gasteiger partial charge is 0.393 e. The Kier molecular flexibility index (Phi) is 4.74. The van der Waals surface area contributed by atoms with Crippen LogP contribution in [-0.4, -0.2) is 21.0 Å². The number of hydrogen-bond donors (Lipinski definition) is 1. The monoisotopic (exact) mass is 258 g/mol. The first-order chi connectivity index (χ1) is 9.15. The lowest BCUT2D eigenvalue weighted by atomic mass is 10.0. The van der Waals surface area contributed by atoms with Crippen LogP contribution >= 0.6 is 0 Å². The van der Waals surface area contributed by atoms with Gasteiger partial charge in [-0.25, -0.2) is 0 Å². The SMILES string of the molecule is Cc1cc(CC(O)CCCc2ccccc2)n(C)n1. The zero-order valence-corrected chi connectivity index (χ0v) is 11.7. The van der Waals surface area contributed by atoms with Gasteiger partial charge in [-0.05, 0) is 37.8 Å². The molecule has 0 amide bonds. The molecule has 0 bridgehead atoms. The zero-order valence-electron chi connectivity index (χ0n) is 11.7. The average molecular weight is 258 g/mol. The van der Waals surface area contributed by atoms with Gasteiger partial charge in [-0.1, -0.05) is 30.3 Å². The molecule has 0 fully saturated rings. The molecule has 1 aromatic carbocycles. The molecular weight excluding hydrogens is 236 g/mol. The topological polar surface area (TPSA) is 38.0 Å². The van der Waals surface area contributed by atoms with Crippen LogP contribution in [0.3, 0.4) is 0 Å². The van der Waals surface area contributed by atoms with Crippen LogP contribution in [0.25, 0.3) is 0 Å². The van der Waals surface area contributed by atoms with Crippen LogP contribution < -0.4 is 0 Å². The van der Waals surface area contributed by atoms with E-state index in [9.17, 15) is 5.11 Å². The maximum atomic E-state index is 10.1. The summed E-state index contributed by atoms with van der Waals surface area (Å²) in [5.41, 5.74) is 3.45.